The lowest BCUT2D eigenvalue weighted by atomic mass is 9.81. The zero-order valence-corrected chi connectivity index (χ0v) is 12.0. The van der Waals surface area contributed by atoms with Crippen LogP contribution in [0.3, 0.4) is 0 Å². The average molecular weight is 255 g/mol. The predicted octanol–water partition coefficient (Wildman–Crippen LogP) is 3.14. The van der Waals surface area contributed by atoms with Crippen LogP contribution in [0.25, 0.3) is 0 Å². The maximum absolute atomic E-state index is 11.3. The van der Waals surface area contributed by atoms with Crippen molar-refractivity contribution in [1.29, 1.82) is 0 Å². The highest BCUT2D eigenvalue weighted by Gasteiger charge is 2.18. The van der Waals surface area contributed by atoms with E-state index in [9.17, 15) is 4.79 Å². The molecule has 2 unspecified atom stereocenters. The van der Waals surface area contributed by atoms with E-state index in [-0.39, 0.29) is 5.97 Å². The monoisotopic (exact) mass is 255 g/mol. The SMILES string of the molecule is CCCCOC(=O)CNCCC1CCCC(C)C1. The molecule has 0 heterocycles. The fraction of sp³-hybridized carbons (Fsp3) is 0.933. The minimum absolute atomic E-state index is 0.111. The van der Waals surface area contributed by atoms with Crippen LogP contribution in [0, 0.1) is 11.8 Å². The second kappa shape index (κ2) is 9.37. The van der Waals surface area contributed by atoms with Gasteiger partial charge in [0, 0.05) is 0 Å². The van der Waals surface area contributed by atoms with Crippen molar-refractivity contribution in [2.24, 2.45) is 11.8 Å². The first-order valence-corrected chi connectivity index (χ1v) is 7.58. The fourth-order valence-electron chi connectivity index (χ4n) is 2.70. The summed E-state index contributed by atoms with van der Waals surface area (Å²) in [5, 5.41) is 3.20. The highest BCUT2D eigenvalue weighted by atomic mass is 16.5. The Hall–Kier alpha value is -0.570. The van der Waals surface area contributed by atoms with Crippen molar-refractivity contribution in [2.75, 3.05) is 19.7 Å². The normalized spacial score (nSPS) is 23.9. The third kappa shape index (κ3) is 7.00. The van der Waals surface area contributed by atoms with E-state index in [2.05, 4.69) is 19.2 Å². The van der Waals surface area contributed by atoms with Crippen LogP contribution in [0.1, 0.15) is 58.8 Å². The molecule has 0 spiro atoms. The van der Waals surface area contributed by atoms with Crippen LogP contribution >= 0.6 is 0 Å². The molecule has 3 nitrogen and oxygen atoms in total. The number of esters is 1. The zero-order chi connectivity index (χ0) is 13.2. The number of rotatable bonds is 8. The van der Waals surface area contributed by atoms with E-state index in [1.165, 1.54) is 32.1 Å². The number of nitrogens with one attached hydrogen (secondary N) is 1. The number of carbonyl (C=O) groups is 1. The van der Waals surface area contributed by atoms with Gasteiger partial charge in [-0.1, -0.05) is 39.5 Å². The van der Waals surface area contributed by atoms with Gasteiger partial charge in [0.1, 0.15) is 0 Å². The van der Waals surface area contributed by atoms with E-state index >= 15 is 0 Å². The summed E-state index contributed by atoms with van der Waals surface area (Å²) in [6, 6.07) is 0. The van der Waals surface area contributed by atoms with Gasteiger partial charge in [-0.25, -0.2) is 0 Å². The van der Waals surface area contributed by atoms with Crippen LogP contribution in [0.5, 0.6) is 0 Å². The molecule has 0 radical (unpaired) electrons. The third-order valence-electron chi connectivity index (χ3n) is 3.80. The lowest BCUT2D eigenvalue weighted by Crippen LogP contribution is -2.27. The summed E-state index contributed by atoms with van der Waals surface area (Å²) in [5.41, 5.74) is 0. The van der Waals surface area contributed by atoms with Crippen LogP contribution in [-0.2, 0) is 9.53 Å². The largest absolute Gasteiger partial charge is 0.465 e. The van der Waals surface area contributed by atoms with Gasteiger partial charge < -0.3 is 10.1 Å². The van der Waals surface area contributed by atoms with E-state index in [1.807, 2.05) is 0 Å². The molecule has 0 aliphatic heterocycles. The first kappa shape index (κ1) is 15.5. The summed E-state index contributed by atoms with van der Waals surface area (Å²) >= 11 is 0. The average Bonchev–Trinajstić information content (AvgIpc) is 2.35. The lowest BCUT2D eigenvalue weighted by Gasteiger charge is -2.26. The molecule has 0 aromatic rings. The predicted molar refractivity (Wildman–Crippen MR) is 74.5 cm³/mol. The smallest absolute Gasteiger partial charge is 0.319 e. The van der Waals surface area contributed by atoms with Crippen LogP contribution < -0.4 is 5.32 Å². The molecular formula is C15H29NO2. The number of unbranched alkanes of at least 4 members (excludes halogenated alkanes) is 1. The summed E-state index contributed by atoms with van der Waals surface area (Å²) in [7, 11) is 0. The van der Waals surface area contributed by atoms with Crippen molar-refractivity contribution in [3.8, 4) is 0 Å². The number of carbonyl (C=O) groups excluding carboxylic acids is 1. The molecule has 1 fully saturated rings. The second-order valence-corrected chi connectivity index (χ2v) is 5.68. The van der Waals surface area contributed by atoms with Gasteiger partial charge in [0.2, 0.25) is 0 Å². The Kier molecular flexibility index (Phi) is 8.06. The Bertz CT molecular complexity index is 231. The van der Waals surface area contributed by atoms with Gasteiger partial charge in [-0.2, -0.15) is 0 Å². The molecule has 1 N–H and O–H groups in total. The van der Waals surface area contributed by atoms with Crippen LogP contribution in [0.15, 0.2) is 0 Å². The molecule has 0 bridgehead atoms. The first-order chi connectivity index (χ1) is 8.72. The summed E-state index contributed by atoms with van der Waals surface area (Å²) in [4.78, 5) is 11.3. The van der Waals surface area contributed by atoms with Crippen molar-refractivity contribution in [2.45, 2.75) is 58.8 Å². The van der Waals surface area contributed by atoms with E-state index in [0.29, 0.717) is 13.2 Å². The van der Waals surface area contributed by atoms with E-state index in [0.717, 1.165) is 31.2 Å². The molecule has 106 valence electrons. The van der Waals surface area contributed by atoms with Crippen molar-refractivity contribution in [3.63, 3.8) is 0 Å². The van der Waals surface area contributed by atoms with Crippen molar-refractivity contribution in [1.82, 2.24) is 5.32 Å². The van der Waals surface area contributed by atoms with Crippen LogP contribution in [-0.4, -0.2) is 25.7 Å². The molecule has 18 heavy (non-hydrogen) atoms. The first-order valence-electron chi connectivity index (χ1n) is 7.58. The van der Waals surface area contributed by atoms with E-state index in [1.54, 1.807) is 0 Å². The second-order valence-electron chi connectivity index (χ2n) is 5.68. The molecule has 0 aromatic carbocycles. The maximum atomic E-state index is 11.3. The van der Waals surface area contributed by atoms with Gasteiger partial charge in [-0.15, -0.1) is 0 Å². The molecule has 0 aromatic heterocycles. The van der Waals surface area contributed by atoms with E-state index < -0.39 is 0 Å². The number of ether oxygens (including phenoxy) is 1. The molecular weight excluding hydrogens is 226 g/mol. The van der Waals surface area contributed by atoms with Crippen molar-refractivity contribution in [3.05, 3.63) is 0 Å². The van der Waals surface area contributed by atoms with Gasteiger partial charge in [0.15, 0.2) is 0 Å². The highest BCUT2D eigenvalue weighted by molar-refractivity contribution is 5.71. The van der Waals surface area contributed by atoms with E-state index in [4.69, 9.17) is 4.74 Å². The Labute approximate surface area is 112 Å². The molecule has 1 saturated carbocycles. The standard InChI is InChI=1S/C15H29NO2/c1-3-4-10-18-15(17)12-16-9-8-14-7-5-6-13(2)11-14/h13-14,16H,3-12H2,1-2H3. The van der Waals surface area contributed by atoms with Gasteiger partial charge >= 0.3 is 5.97 Å². The minimum atomic E-state index is -0.111. The molecule has 1 rings (SSSR count). The Morgan fingerprint density at radius 3 is 2.94 bits per heavy atom. The van der Waals surface area contributed by atoms with Gasteiger partial charge in [-0.05, 0) is 37.6 Å². The van der Waals surface area contributed by atoms with Crippen LogP contribution in [0.4, 0.5) is 0 Å². The Balaban J connectivity index is 1.95. The zero-order valence-electron chi connectivity index (χ0n) is 12.0. The van der Waals surface area contributed by atoms with Crippen molar-refractivity contribution >= 4 is 5.97 Å². The summed E-state index contributed by atoms with van der Waals surface area (Å²) in [6.07, 6.45) is 8.74. The summed E-state index contributed by atoms with van der Waals surface area (Å²) in [5.74, 6) is 1.64. The molecule has 0 saturated heterocycles. The Morgan fingerprint density at radius 1 is 1.39 bits per heavy atom. The molecule has 2 atom stereocenters. The lowest BCUT2D eigenvalue weighted by molar-refractivity contribution is -0.142. The Morgan fingerprint density at radius 2 is 2.22 bits per heavy atom. The maximum Gasteiger partial charge on any atom is 0.319 e. The minimum Gasteiger partial charge on any atom is -0.465 e. The summed E-state index contributed by atoms with van der Waals surface area (Å²) in [6.45, 7) is 6.32. The highest BCUT2D eigenvalue weighted by Crippen LogP contribution is 2.30. The summed E-state index contributed by atoms with van der Waals surface area (Å²) < 4.78 is 5.09. The molecule has 0 amide bonds. The molecule has 3 heteroatoms. The molecule has 1 aliphatic carbocycles. The van der Waals surface area contributed by atoms with Crippen LogP contribution in [0.2, 0.25) is 0 Å². The van der Waals surface area contributed by atoms with Crippen molar-refractivity contribution < 1.29 is 9.53 Å². The van der Waals surface area contributed by atoms with Gasteiger partial charge in [0.25, 0.3) is 0 Å². The number of hydrogen-bond donors (Lipinski definition) is 1. The fourth-order valence-corrected chi connectivity index (χ4v) is 2.70. The molecule has 1 aliphatic rings. The quantitative estimate of drug-likeness (QED) is 0.535. The van der Waals surface area contributed by atoms with Gasteiger partial charge in [0.05, 0.1) is 13.2 Å². The topological polar surface area (TPSA) is 38.3 Å². The van der Waals surface area contributed by atoms with Gasteiger partial charge in [-0.3, -0.25) is 4.79 Å². The number of hydrogen-bond acceptors (Lipinski definition) is 3. The third-order valence-corrected chi connectivity index (χ3v) is 3.80.